The number of phenolic OH excluding ortho intramolecular Hbond substituents is 1. The van der Waals surface area contributed by atoms with E-state index < -0.39 is 0 Å². The predicted molar refractivity (Wildman–Crippen MR) is 95.3 cm³/mol. The minimum atomic E-state index is -0.241. The summed E-state index contributed by atoms with van der Waals surface area (Å²) < 4.78 is 0. The van der Waals surface area contributed by atoms with Crippen LogP contribution in [0.3, 0.4) is 0 Å². The zero-order chi connectivity index (χ0) is 16.9. The summed E-state index contributed by atoms with van der Waals surface area (Å²) in [6.45, 7) is 1.72. The van der Waals surface area contributed by atoms with Crippen molar-refractivity contribution in [1.29, 1.82) is 0 Å². The Morgan fingerprint density at radius 1 is 1.25 bits per heavy atom. The maximum atomic E-state index is 11.9. The van der Waals surface area contributed by atoms with E-state index >= 15 is 0 Å². The molecule has 0 saturated heterocycles. The highest BCUT2D eigenvalue weighted by Gasteiger charge is 2.07. The molecule has 0 spiro atoms. The maximum absolute atomic E-state index is 11.9. The summed E-state index contributed by atoms with van der Waals surface area (Å²) in [5, 5.41) is 14.5. The van der Waals surface area contributed by atoms with Crippen LogP contribution in [0.4, 0.5) is 0 Å². The lowest BCUT2D eigenvalue weighted by molar-refractivity contribution is -0.118. The number of hydrazone groups is 1. The molecule has 2 aromatic carbocycles. The molecule has 1 amide bonds. The van der Waals surface area contributed by atoms with Crippen molar-refractivity contribution in [2.24, 2.45) is 5.10 Å². The standard InChI is InChI=1S/C17H16N4O2S/c1-11(12-6-2-5-9-15(12)22)20-21-16(23)10-24-17-18-13-7-3-4-8-14(13)19-17/h2-9,22H,10H2,1H3,(H,18,19)(H,21,23)/b20-11-. The van der Waals surface area contributed by atoms with E-state index in [1.165, 1.54) is 11.8 Å². The molecular weight excluding hydrogens is 324 g/mol. The first-order chi connectivity index (χ1) is 11.6. The van der Waals surface area contributed by atoms with Crippen molar-refractivity contribution < 1.29 is 9.90 Å². The fourth-order valence-electron chi connectivity index (χ4n) is 2.15. The number of carbonyl (C=O) groups is 1. The first kappa shape index (κ1) is 16.1. The van der Waals surface area contributed by atoms with Crippen molar-refractivity contribution in [3.05, 3.63) is 54.1 Å². The summed E-state index contributed by atoms with van der Waals surface area (Å²) in [5.74, 6) is 0.0806. The minimum Gasteiger partial charge on any atom is -0.507 e. The number of imidazole rings is 1. The Balaban J connectivity index is 1.57. The molecule has 0 saturated carbocycles. The van der Waals surface area contributed by atoms with E-state index in [1.807, 2.05) is 24.3 Å². The number of fused-ring (bicyclic) bond motifs is 1. The van der Waals surface area contributed by atoms with Gasteiger partial charge in [-0.2, -0.15) is 5.10 Å². The molecule has 122 valence electrons. The van der Waals surface area contributed by atoms with E-state index in [-0.39, 0.29) is 17.4 Å². The van der Waals surface area contributed by atoms with Gasteiger partial charge < -0.3 is 10.1 Å². The monoisotopic (exact) mass is 340 g/mol. The molecule has 24 heavy (non-hydrogen) atoms. The number of aromatic hydroxyl groups is 1. The zero-order valence-electron chi connectivity index (χ0n) is 13.0. The molecule has 0 atom stereocenters. The van der Waals surface area contributed by atoms with Gasteiger partial charge in [0.15, 0.2) is 5.16 Å². The number of phenols is 1. The molecule has 0 radical (unpaired) electrons. The number of amides is 1. The van der Waals surface area contributed by atoms with E-state index in [0.717, 1.165) is 11.0 Å². The van der Waals surface area contributed by atoms with Crippen LogP contribution >= 0.6 is 11.8 Å². The van der Waals surface area contributed by atoms with E-state index in [9.17, 15) is 9.90 Å². The lowest BCUT2D eigenvalue weighted by Crippen LogP contribution is -2.21. The Morgan fingerprint density at radius 3 is 2.79 bits per heavy atom. The van der Waals surface area contributed by atoms with Crippen molar-refractivity contribution in [2.75, 3.05) is 5.75 Å². The highest BCUT2D eigenvalue weighted by atomic mass is 32.2. The third-order valence-electron chi connectivity index (χ3n) is 3.35. The number of aromatic nitrogens is 2. The van der Waals surface area contributed by atoms with Gasteiger partial charge in [0.1, 0.15) is 5.75 Å². The molecule has 6 nitrogen and oxygen atoms in total. The Morgan fingerprint density at radius 2 is 2.00 bits per heavy atom. The number of rotatable bonds is 5. The number of H-pyrrole nitrogens is 1. The Kier molecular flexibility index (Phi) is 4.81. The largest absolute Gasteiger partial charge is 0.507 e. The molecule has 0 bridgehead atoms. The summed E-state index contributed by atoms with van der Waals surface area (Å²) in [7, 11) is 0. The van der Waals surface area contributed by atoms with Crippen molar-refractivity contribution in [2.45, 2.75) is 12.1 Å². The topological polar surface area (TPSA) is 90.4 Å². The van der Waals surface area contributed by atoms with Gasteiger partial charge >= 0.3 is 0 Å². The van der Waals surface area contributed by atoms with Gasteiger partial charge in [0.25, 0.3) is 5.91 Å². The summed E-state index contributed by atoms with van der Waals surface area (Å²) in [6.07, 6.45) is 0. The summed E-state index contributed by atoms with van der Waals surface area (Å²) in [6, 6.07) is 14.5. The minimum absolute atomic E-state index is 0.129. The third kappa shape index (κ3) is 3.75. The normalized spacial score (nSPS) is 11.6. The van der Waals surface area contributed by atoms with Crippen LogP contribution in [0.1, 0.15) is 12.5 Å². The number of hydrogen-bond donors (Lipinski definition) is 3. The molecule has 3 aromatic rings. The second kappa shape index (κ2) is 7.18. The molecule has 0 unspecified atom stereocenters. The van der Waals surface area contributed by atoms with Gasteiger partial charge in [0.05, 0.1) is 22.5 Å². The van der Waals surface area contributed by atoms with E-state index in [4.69, 9.17) is 0 Å². The number of benzene rings is 2. The number of para-hydroxylation sites is 3. The Bertz CT molecular complexity index is 871. The summed E-state index contributed by atoms with van der Waals surface area (Å²) in [4.78, 5) is 19.5. The van der Waals surface area contributed by atoms with Gasteiger partial charge in [-0.3, -0.25) is 4.79 Å². The first-order valence-electron chi connectivity index (χ1n) is 7.32. The zero-order valence-corrected chi connectivity index (χ0v) is 13.8. The van der Waals surface area contributed by atoms with E-state index in [0.29, 0.717) is 16.4 Å². The molecule has 7 heteroatoms. The molecule has 0 aliphatic rings. The molecule has 0 aliphatic heterocycles. The number of thioether (sulfide) groups is 1. The molecule has 1 aromatic heterocycles. The molecule has 3 N–H and O–H groups in total. The third-order valence-corrected chi connectivity index (χ3v) is 4.22. The average Bonchev–Trinajstić information content (AvgIpc) is 3.01. The lowest BCUT2D eigenvalue weighted by atomic mass is 10.1. The van der Waals surface area contributed by atoms with Crippen molar-refractivity contribution in [3.63, 3.8) is 0 Å². The number of aromatic amines is 1. The lowest BCUT2D eigenvalue weighted by Gasteiger charge is -2.04. The van der Waals surface area contributed by atoms with Crippen LogP contribution in [-0.4, -0.2) is 32.4 Å². The van der Waals surface area contributed by atoms with Gasteiger partial charge in [0.2, 0.25) is 0 Å². The van der Waals surface area contributed by atoms with Crippen molar-refractivity contribution >= 4 is 34.4 Å². The molecular formula is C17H16N4O2S. The fraction of sp³-hybridized carbons (Fsp3) is 0.118. The number of nitrogens with one attached hydrogen (secondary N) is 2. The van der Waals surface area contributed by atoms with Crippen molar-refractivity contribution in [3.8, 4) is 5.75 Å². The van der Waals surface area contributed by atoms with Crippen LogP contribution in [0.2, 0.25) is 0 Å². The molecule has 0 aliphatic carbocycles. The van der Waals surface area contributed by atoms with Crippen LogP contribution in [0.15, 0.2) is 58.8 Å². The number of carbonyl (C=O) groups excluding carboxylic acids is 1. The highest BCUT2D eigenvalue weighted by Crippen LogP contribution is 2.19. The molecule has 3 rings (SSSR count). The first-order valence-corrected chi connectivity index (χ1v) is 8.31. The fourth-order valence-corrected chi connectivity index (χ4v) is 2.83. The Labute approximate surface area is 143 Å². The van der Waals surface area contributed by atoms with Crippen LogP contribution in [0.25, 0.3) is 11.0 Å². The smallest absolute Gasteiger partial charge is 0.250 e. The second-order valence-electron chi connectivity index (χ2n) is 5.10. The second-order valence-corrected chi connectivity index (χ2v) is 6.06. The van der Waals surface area contributed by atoms with Gasteiger partial charge in [-0.25, -0.2) is 10.4 Å². The van der Waals surface area contributed by atoms with Crippen LogP contribution in [-0.2, 0) is 4.79 Å². The molecule has 0 fully saturated rings. The average molecular weight is 340 g/mol. The highest BCUT2D eigenvalue weighted by molar-refractivity contribution is 7.99. The SMILES string of the molecule is C/C(=N/NC(=O)CSc1nc2ccccc2[nH]1)c1ccccc1O. The van der Waals surface area contributed by atoms with Gasteiger partial charge in [-0.05, 0) is 31.2 Å². The van der Waals surface area contributed by atoms with Gasteiger partial charge in [-0.15, -0.1) is 0 Å². The predicted octanol–water partition coefficient (Wildman–Crippen LogP) is 2.90. The van der Waals surface area contributed by atoms with Crippen molar-refractivity contribution in [1.82, 2.24) is 15.4 Å². The van der Waals surface area contributed by atoms with Gasteiger partial charge in [-0.1, -0.05) is 36.0 Å². The summed E-state index contributed by atoms with van der Waals surface area (Å²) in [5.41, 5.74) is 5.42. The maximum Gasteiger partial charge on any atom is 0.250 e. The Hall–Kier alpha value is -2.80. The summed E-state index contributed by atoms with van der Waals surface area (Å²) >= 11 is 1.31. The van der Waals surface area contributed by atoms with Crippen LogP contribution in [0.5, 0.6) is 5.75 Å². The number of nitrogens with zero attached hydrogens (tertiary/aromatic N) is 2. The van der Waals surface area contributed by atoms with E-state index in [1.54, 1.807) is 31.2 Å². The molecule has 1 heterocycles. The quantitative estimate of drug-likeness (QED) is 0.378. The number of hydrogen-bond acceptors (Lipinski definition) is 5. The van der Waals surface area contributed by atoms with E-state index in [2.05, 4.69) is 20.5 Å². The van der Waals surface area contributed by atoms with Gasteiger partial charge in [0, 0.05) is 5.56 Å². The van der Waals surface area contributed by atoms with Crippen LogP contribution in [0, 0.1) is 0 Å². The van der Waals surface area contributed by atoms with Crippen LogP contribution < -0.4 is 5.43 Å².